The lowest BCUT2D eigenvalue weighted by Crippen LogP contribution is -2.30. The standard InChI is InChI=1S/C32H43ClN2O2S/c1-2-3-4-5-6-7-8-9-10-11-12-13-22-37-32-28(15-14-16-30(32)33)24-31(36)34-29-19-17-27(18-20-29)25-35-21-23-38-26-35/h14-21,23,26H,2-13,22,24-25H2,1H3/p+1. The van der Waals surface area contributed by atoms with Crippen LogP contribution in [0, 0.1) is 0 Å². The van der Waals surface area contributed by atoms with Gasteiger partial charge in [0, 0.05) is 16.8 Å². The van der Waals surface area contributed by atoms with Crippen LogP contribution in [0.1, 0.15) is 95.1 Å². The van der Waals surface area contributed by atoms with E-state index in [9.17, 15) is 4.79 Å². The van der Waals surface area contributed by atoms with E-state index in [2.05, 4.69) is 33.9 Å². The largest absolute Gasteiger partial charge is 0.492 e. The molecule has 1 aromatic heterocycles. The van der Waals surface area contributed by atoms with Gasteiger partial charge in [-0.15, -0.1) is 0 Å². The summed E-state index contributed by atoms with van der Waals surface area (Å²) in [5.74, 6) is 0.554. The highest BCUT2D eigenvalue weighted by Gasteiger charge is 2.13. The highest BCUT2D eigenvalue weighted by atomic mass is 35.5. The Bertz CT molecular complexity index is 1050. The van der Waals surface area contributed by atoms with Crippen molar-refractivity contribution in [1.82, 2.24) is 0 Å². The highest BCUT2D eigenvalue weighted by molar-refractivity contribution is 7.07. The zero-order valence-corrected chi connectivity index (χ0v) is 24.5. The van der Waals surface area contributed by atoms with E-state index >= 15 is 0 Å². The number of hydrogen-bond donors (Lipinski definition) is 1. The fraction of sp³-hybridized carbons (Fsp3) is 0.500. The Morgan fingerprint density at radius 3 is 2.18 bits per heavy atom. The number of amides is 1. The minimum absolute atomic E-state index is 0.0811. The molecule has 0 unspecified atom stereocenters. The molecule has 1 N–H and O–H groups in total. The molecule has 0 aliphatic rings. The van der Waals surface area contributed by atoms with Gasteiger partial charge in [-0.3, -0.25) is 4.79 Å². The molecule has 6 heteroatoms. The van der Waals surface area contributed by atoms with Crippen molar-refractivity contribution in [3.63, 3.8) is 0 Å². The van der Waals surface area contributed by atoms with Gasteiger partial charge >= 0.3 is 0 Å². The van der Waals surface area contributed by atoms with Crippen molar-refractivity contribution in [1.29, 1.82) is 0 Å². The van der Waals surface area contributed by atoms with Gasteiger partial charge in [-0.2, -0.15) is 4.57 Å². The van der Waals surface area contributed by atoms with Crippen LogP contribution in [0.2, 0.25) is 5.02 Å². The van der Waals surface area contributed by atoms with E-state index in [0.29, 0.717) is 17.4 Å². The van der Waals surface area contributed by atoms with E-state index in [0.717, 1.165) is 30.6 Å². The highest BCUT2D eigenvalue weighted by Crippen LogP contribution is 2.29. The number of nitrogens with zero attached hydrogens (tertiary/aromatic N) is 1. The second kappa shape index (κ2) is 18.0. The molecule has 0 aliphatic heterocycles. The van der Waals surface area contributed by atoms with E-state index in [-0.39, 0.29) is 12.3 Å². The molecule has 206 valence electrons. The van der Waals surface area contributed by atoms with Gasteiger partial charge < -0.3 is 10.1 Å². The maximum Gasteiger partial charge on any atom is 0.228 e. The summed E-state index contributed by atoms with van der Waals surface area (Å²) in [6, 6.07) is 13.6. The second-order valence-electron chi connectivity index (χ2n) is 10.1. The van der Waals surface area contributed by atoms with Crippen molar-refractivity contribution in [2.75, 3.05) is 11.9 Å². The zero-order chi connectivity index (χ0) is 26.8. The predicted molar refractivity (Wildman–Crippen MR) is 160 cm³/mol. The van der Waals surface area contributed by atoms with Crippen LogP contribution in [0.15, 0.2) is 59.6 Å². The van der Waals surface area contributed by atoms with Crippen molar-refractivity contribution in [2.24, 2.45) is 0 Å². The fourth-order valence-corrected chi connectivity index (χ4v) is 5.45. The second-order valence-corrected chi connectivity index (χ2v) is 11.2. The van der Waals surface area contributed by atoms with E-state index in [1.54, 1.807) is 11.3 Å². The number of carbonyl (C=O) groups is 1. The Labute approximate surface area is 238 Å². The maximum atomic E-state index is 12.8. The average Bonchev–Trinajstić information content (AvgIpc) is 3.42. The first-order chi connectivity index (χ1) is 18.7. The van der Waals surface area contributed by atoms with Gasteiger partial charge in [0.25, 0.3) is 0 Å². The lowest BCUT2D eigenvalue weighted by molar-refractivity contribution is -0.683. The zero-order valence-electron chi connectivity index (χ0n) is 22.9. The summed E-state index contributed by atoms with van der Waals surface area (Å²) in [5, 5.41) is 5.61. The first-order valence-corrected chi connectivity index (χ1v) is 15.7. The van der Waals surface area contributed by atoms with E-state index in [4.69, 9.17) is 16.3 Å². The molecule has 0 bridgehead atoms. The van der Waals surface area contributed by atoms with Crippen molar-refractivity contribution in [2.45, 2.75) is 96.9 Å². The number of halogens is 1. The molecule has 3 aromatic rings. The fourth-order valence-electron chi connectivity index (χ4n) is 4.61. The number of nitrogens with one attached hydrogen (secondary N) is 1. The normalized spacial score (nSPS) is 11.0. The molecule has 3 rings (SSSR count). The van der Waals surface area contributed by atoms with Crippen LogP contribution in [-0.4, -0.2) is 12.5 Å². The topological polar surface area (TPSA) is 42.2 Å². The Kier molecular flexibility index (Phi) is 14.3. The monoisotopic (exact) mass is 555 g/mol. The average molecular weight is 556 g/mol. The molecule has 1 heterocycles. The number of thiazole rings is 1. The lowest BCUT2D eigenvalue weighted by Gasteiger charge is -2.13. The van der Waals surface area contributed by atoms with Crippen molar-refractivity contribution in [3.8, 4) is 5.75 Å². The van der Waals surface area contributed by atoms with Gasteiger partial charge in [0.15, 0.2) is 12.7 Å². The quantitative estimate of drug-likeness (QED) is 0.118. The molecule has 0 radical (unpaired) electrons. The molecule has 1 amide bonds. The number of benzene rings is 2. The van der Waals surface area contributed by atoms with Crippen LogP contribution in [0.3, 0.4) is 0 Å². The number of anilines is 1. The van der Waals surface area contributed by atoms with Crippen LogP contribution in [0.4, 0.5) is 5.69 Å². The molecular weight excluding hydrogens is 512 g/mol. The molecule has 0 atom stereocenters. The Balaban J connectivity index is 1.34. The van der Waals surface area contributed by atoms with Gasteiger partial charge in [-0.05, 0) is 24.6 Å². The number of para-hydroxylation sites is 1. The van der Waals surface area contributed by atoms with E-state index < -0.39 is 0 Å². The molecule has 0 spiro atoms. The van der Waals surface area contributed by atoms with Crippen LogP contribution < -0.4 is 14.6 Å². The van der Waals surface area contributed by atoms with Crippen molar-refractivity contribution in [3.05, 3.63) is 75.7 Å². The Morgan fingerprint density at radius 2 is 1.55 bits per heavy atom. The van der Waals surface area contributed by atoms with Crippen LogP contribution in [0.5, 0.6) is 5.75 Å². The number of carbonyl (C=O) groups excluding carboxylic acids is 1. The third-order valence-electron chi connectivity index (χ3n) is 6.77. The molecule has 38 heavy (non-hydrogen) atoms. The summed E-state index contributed by atoms with van der Waals surface area (Å²) >= 11 is 8.11. The summed E-state index contributed by atoms with van der Waals surface area (Å²) in [7, 11) is 0. The summed E-state index contributed by atoms with van der Waals surface area (Å²) in [6.07, 6.45) is 18.0. The van der Waals surface area contributed by atoms with Gasteiger partial charge in [0.05, 0.1) is 23.4 Å². The maximum absolute atomic E-state index is 12.8. The first kappa shape index (κ1) is 30.2. The molecule has 0 aliphatic carbocycles. The smallest absolute Gasteiger partial charge is 0.228 e. The van der Waals surface area contributed by atoms with Crippen LogP contribution in [-0.2, 0) is 17.8 Å². The van der Waals surface area contributed by atoms with Crippen LogP contribution >= 0.6 is 22.9 Å². The molecule has 0 saturated heterocycles. The van der Waals surface area contributed by atoms with E-state index in [1.165, 1.54) is 69.8 Å². The third-order valence-corrected chi connectivity index (χ3v) is 7.74. The van der Waals surface area contributed by atoms with Gasteiger partial charge in [0.1, 0.15) is 5.75 Å². The number of aromatic nitrogens is 1. The predicted octanol–water partition coefficient (Wildman–Crippen LogP) is 9.00. The SMILES string of the molecule is CCCCCCCCCCCCCCOc1c(Cl)cccc1CC(=O)Nc1ccc(C[n+]2ccsc2)cc1. The third kappa shape index (κ3) is 11.6. The number of ether oxygens (including phenoxy) is 1. The number of hydrogen-bond acceptors (Lipinski definition) is 3. The molecule has 0 fully saturated rings. The summed E-state index contributed by atoms with van der Waals surface area (Å²) in [4.78, 5) is 12.8. The van der Waals surface area contributed by atoms with Crippen LogP contribution in [0.25, 0.3) is 0 Å². The lowest BCUT2D eigenvalue weighted by atomic mass is 10.1. The summed E-state index contributed by atoms with van der Waals surface area (Å²) in [6.45, 7) is 3.71. The minimum Gasteiger partial charge on any atom is -0.492 e. The molecule has 4 nitrogen and oxygen atoms in total. The minimum atomic E-state index is -0.0811. The van der Waals surface area contributed by atoms with Gasteiger partial charge in [-0.1, -0.05) is 125 Å². The first-order valence-electron chi connectivity index (χ1n) is 14.4. The molecular formula is C32H44ClN2O2S+. The van der Waals surface area contributed by atoms with Gasteiger partial charge in [0.2, 0.25) is 11.4 Å². The number of rotatable bonds is 19. The molecule has 0 saturated carbocycles. The van der Waals surface area contributed by atoms with Gasteiger partial charge in [-0.25, -0.2) is 0 Å². The van der Waals surface area contributed by atoms with Crippen molar-refractivity contribution < 1.29 is 14.1 Å². The summed E-state index contributed by atoms with van der Waals surface area (Å²) < 4.78 is 8.20. The Hall–Kier alpha value is -2.37. The van der Waals surface area contributed by atoms with E-state index in [1.807, 2.05) is 42.5 Å². The molecule has 2 aromatic carbocycles. The Morgan fingerprint density at radius 1 is 0.895 bits per heavy atom. The summed E-state index contributed by atoms with van der Waals surface area (Å²) in [5.41, 5.74) is 4.88. The van der Waals surface area contributed by atoms with Crippen molar-refractivity contribution >= 4 is 34.5 Å². The number of unbranched alkanes of at least 4 members (excludes halogenated alkanes) is 11.